The molecular formula is C20H26N4O4S. The van der Waals surface area contributed by atoms with Crippen LogP contribution in [0.4, 0.5) is 0 Å². The van der Waals surface area contributed by atoms with Gasteiger partial charge in [-0.25, -0.2) is 8.42 Å². The third kappa shape index (κ3) is 4.51. The van der Waals surface area contributed by atoms with Gasteiger partial charge in [0.15, 0.2) is 0 Å². The van der Waals surface area contributed by atoms with Gasteiger partial charge in [-0.05, 0) is 49.9 Å². The molecule has 2 fully saturated rings. The molecule has 1 amide bonds. The van der Waals surface area contributed by atoms with Crippen molar-refractivity contribution in [2.75, 3.05) is 13.1 Å². The Hall–Kier alpha value is -2.26. The molecule has 1 saturated heterocycles. The van der Waals surface area contributed by atoms with Gasteiger partial charge in [0.2, 0.25) is 15.9 Å². The summed E-state index contributed by atoms with van der Waals surface area (Å²) in [6.07, 6.45) is 8.24. The van der Waals surface area contributed by atoms with E-state index >= 15 is 0 Å². The number of benzene rings is 1. The molecule has 2 aromatic rings. The van der Waals surface area contributed by atoms with E-state index in [-0.39, 0.29) is 28.6 Å². The molecule has 2 heterocycles. The van der Waals surface area contributed by atoms with Gasteiger partial charge >= 0.3 is 11.8 Å². The first kappa shape index (κ1) is 20.0. The summed E-state index contributed by atoms with van der Waals surface area (Å²) in [6, 6.07) is 6.52. The Morgan fingerprint density at radius 1 is 0.966 bits per heavy atom. The maximum Gasteiger partial charge on any atom is 0.309 e. The summed E-state index contributed by atoms with van der Waals surface area (Å²) in [5.41, 5.74) is 0.576. The Balaban J connectivity index is 1.45. The summed E-state index contributed by atoms with van der Waals surface area (Å²) in [4.78, 5) is 12.6. The van der Waals surface area contributed by atoms with Crippen molar-refractivity contribution in [2.24, 2.45) is 0 Å². The molecule has 1 aromatic carbocycles. The molecule has 1 N–H and O–H groups in total. The molecule has 0 unspecified atom stereocenters. The van der Waals surface area contributed by atoms with E-state index in [0.29, 0.717) is 18.7 Å². The number of sulfonamides is 1. The molecule has 8 nitrogen and oxygen atoms in total. The van der Waals surface area contributed by atoms with Crippen molar-refractivity contribution >= 4 is 15.9 Å². The predicted octanol–water partition coefficient (Wildman–Crippen LogP) is 2.97. The van der Waals surface area contributed by atoms with Crippen LogP contribution in [-0.2, 0) is 10.0 Å². The van der Waals surface area contributed by atoms with Crippen molar-refractivity contribution in [1.29, 1.82) is 0 Å². The SMILES string of the molecule is O=C(NC1CCCCC1)c1nnc(-c2ccc(S(=O)(=O)N3CCCCC3)cc2)o1. The number of aromatic nitrogens is 2. The Bertz CT molecular complexity index is 943. The zero-order chi connectivity index (χ0) is 20.3. The second-order valence-electron chi connectivity index (χ2n) is 7.71. The zero-order valence-corrected chi connectivity index (χ0v) is 17.2. The number of nitrogens with one attached hydrogen (secondary N) is 1. The molecule has 2 aliphatic rings. The number of amides is 1. The number of rotatable bonds is 5. The van der Waals surface area contributed by atoms with Crippen molar-refractivity contribution < 1.29 is 17.6 Å². The summed E-state index contributed by atoms with van der Waals surface area (Å²) in [5, 5.41) is 10.7. The molecule has 0 atom stereocenters. The van der Waals surface area contributed by atoms with Crippen molar-refractivity contribution in [2.45, 2.75) is 62.3 Å². The van der Waals surface area contributed by atoms with Crippen LogP contribution in [0.3, 0.4) is 0 Å². The van der Waals surface area contributed by atoms with Gasteiger partial charge in [0.05, 0.1) is 4.90 Å². The van der Waals surface area contributed by atoms with Crippen molar-refractivity contribution in [3.05, 3.63) is 30.2 Å². The fourth-order valence-corrected chi connectivity index (χ4v) is 5.47. The largest absolute Gasteiger partial charge is 0.412 e. The molecule has 29 heavy (non-hydrogen) atoms. The highest BCUT2D eigenvalue weighted by Gasteiger charge is 2.26. The van der Waals surface area contributed by atoms with Gasteiger partial charge < -0.3 is 9.73 Å². The van der Waals surface area contributed by atoms with Gasteiger partial charge in [0.1, 0.15) is 0 Å². The Morgan fingerprint density at radius 3 is 2.31 bits per heavy atom. The van der Waals surface area contributed by atoms with Crippen LogP contribution in [0.5, 0.6) is 0 Å². The number of hydrogen-bond donors (Lipinski definition) is 1. The molecule has 1 aliphatic heterocycles. The standard InChI is InChI=1S/C20H26N4O4S/c25-18(21-16-7-3-1-4-8-16)20-23-22-19(28-20)15-9-11-17(12-10-15)29(26,27)24-13-5-2-6-14-24/h9-12,16H,1-8,13-14H2,(H,21,25). The lowest BCUT2D eigenvalue weighted by atomic mass is 9.95. The first-order valence-corrected chi connectivity index (χ1v) is 11.7. The second-order valence-corrected chi connectivity index (χ2v) is 9.65. The van der Waals surface area contributed by atoms with Gasteiger partial charge in [0, 0.05) is 24.7 Å². The summed E-state index contributed by atoms with van der Waals surface area (Å²) < 4.78 is 32.5. The fraction of sp³-hybridized carbons (Fsp3) is 0.550. The molecule has 1 saturated carbocycles. The van der Waals surface area contributed by atoms with Crippen molar-refractivity contribution in [3.8, 4) is 11.5 Å². The Morgan fingerprint density at radius 2 is 1.62 bits per heavy atom. The van der Waals surface area contributed by atoms with Crippen LogP contribution in [0, 0.1) is 0 Å². The zero-order valence-electron chi connectivity index (χ0n) is 16.3. The van der Waals surface area contributed by atoms with Crippen LogP contribution in [0.1, 0.15) is 62.1 Å². The fourth-order valence-electron chi connectivity index (χ4n) is 3.95. The number of carbonyl (C=O) groups excluding carboxylic acids is 1. The first-order chi connectivity index (χ1) is 14.0. The topological polar surface area (TPSA) is 105 Å². The average Bonchev–Trinajstić information content (AvgIpc) is 3.26. The van der Waals surface area contributed by atoms with E-state index in [4.69, 9.17) is 4.42 Å². The summed E-state index contributed by atoms with van der Waals surface area (Å²) in [7, 11) is -3.48. The first-order valence-electron chi connectivity index (χ1n) is 10.3. The monoisotopic (exact) mass is 418 g/mol. The number of carbonyl (C=O) groups is 1. The smallest absolute Gasteiger partial charge is 0.309 e. The summed E-state index contributed by atoms with van der Waals surface area (Å²) in [5.74, 6) is -0.240. The van der Waals surface area contributed by atoms with Crippen molar-refractivity contribution in [1.82, 2.24) is 19.8 Å². The van der Waals surface area contributed by atoms with Crippen LogP contribution in [0.25, 0.3) is 11.5 Å². The summed E-state index contributed by atoms with van der Waals surface area (Å²) in [6.45, 7) is 1.13. The third-order valence-corrected chi connectivity index (χ3v) is 7.53. The molecule has 0 bridgehead atoms. The third-order valence-electron chi connectivity index (χ3n) is 5.61. The number of nitrogens with zero attached hydrogens (tertiary/aromatic N) is 3. The van der Waals surface area contributed by atoms with Gasteiger partial charge in [0.25, 0.3) is 0 Å². The van der Waals surface area contributed by atoms with Crippen LogP contribution in [-0.4, -0.2) is 48.0 Å². The minimum Gasteiger partial charge on any atom is -0.412 e. The van der Waals surface area contributed by atoms with Crippen LogP contribution in [0.2, 0.25) is 0 Å². The van der Waals surface area contributed by atoms with Gasteiger partial charge in [-0.15, -0.1) is 10.2 Å². The maximum absolute atomic E-state index is 12.7. The molecule has 4 rings (SSSR count). The van der Waals surface area contributed by atoms with E-state index in [1.54, 1.807) is 24.3 Å². The van der Waals surface area contributed by atoms with E-state index in [2.05, 4.69) is 15.5 Å². The quantitative estimate of drug-likeness (QED) is 0.800. The predicted molar refractivity (Wildman–Crippen MR) is 107 cm³/mol. The molecule has 0 spiro atoms. The van der Waals surface area contributed by atoms with Gasteiger partial charge in [-0.2, -0.15) is 4.31 Å². The van der Waals surface area contributed by atoms with E-state index in [0.717, 1.165) is 44.9 Å². The highest BCUT2D eigenvalue weighted by Crippen LogP contribution is 2.24. The molecule has 0 radical (unpaired) electrons. The van der Waals surface area contributed by atoms with Crippen LogP contribution < -0.4 is 5.32 Å². The van der Waals surface area contributed by atoms with E-state index < -0.39 is 10.0 Å². The van der Waals surface area contributed by atoms with E-state index in [9.17, 15) is 13.2 Å². The molecular weight excluding hydrogens is 392 g/mol. The van der Waals surface area contributed by atoms with Gasteiger partial charge in [-0.3, -0.25) is 4.79 Å². The average molecular weight is 419 g/mol. The van der Waals surface area contributed by atoms with Crippen molar-refractivity contribution in [3.63, 3.8) is 0 Å². The molecule has 1 aliphatic carbocycles. The lowest BCUT2D eigenvalue weighted by Gasteiger charge is -2.25. The van der Waals surface area contributed by atoms with Gasteiger partial charge in [-0.1, -0.05) is 25.7 Å². The normalized spacial score (nSPS) is 19.2. The van der Waals surface area contributed by atoms with E-state index in [1.165, 1.54) is 10.7 Å². The van der Waals surface area contributed by atoms with Crippen LogP contribution in [0.15, 0.2) is 33.6 Å². The number of hydrogen-bond acceptors (Lipinski definition) is 6. The van der Waals surface area contributed by atoms with Crippen LogP contribution >= 0.6 is 0 Å². The van der Waals surface area contributed by atoms with E-state index in [1.807, 2.05) is 0 Å². The second kappa shape index (κ2) is 8.62. The summed E-state index contributed by atoms with van der Waals surface area (Å²) >= 11 is 0. The highest BCUT2D eigenvalue weighted by atomic mass is 32.2. The molecule has 9 heteroatoms. The Kier molecular flexibility index (Phi) is 5.96. The minimum absolute atomic E-state index is 0.0735. The number of piperidine rings is 1. The molecule has 156 valence electrons. The highest BCUT2D eigenvalue weighted by molar-refractivity contribution is 7.89. The Labute approximate surface area is 170 Å². The maximum atomic E-state index is 12.7. The lowest BCUT2D eigenvalue weighted by Crippen LogP contribution is -2.36. The molecule has 1 aromatic heterocycles. The lowest BCUT2D eigenvalue weighted by molar-refractivity contribution is 0.0893. The minimum atomic E-state index is -3.48.